The van der Waals surface area contributed by atoms with Crippen molar-refractivity contribution in [2.75, 3.05) is 19.6 Å². The molecule has 1 N–H and O–H groups in total. The molecule has 0 bridgehead atoms. The summed E-state index contributed by atoms with van der Waals surface area (Å²) in [7, 11) is 0. The number of nitrogens with zero attached hydrogens (tertiary/aromatic N) is 2. The largest absolute Gasteiger partial charge is 0.349 e. The molecule has 0 spiro atoms. The fourth-order valence-electron chi connectivity index (χ4n) is 3.46. The zero-order valence-electron chi connectivity index (χ0n) is 16.9. The van der Waals surface area contributed by atoms with Crippen LogP contribution in [0.15, 0.2) is 42.5 Å². The van der Waals surface area contributed by atoms with E-state index in [0.29, 0.717) is 31.7 Å². The Morgan fingerprint density at radius 1 is 1.10 bits per heavy atom. The molecule has 3 rings (SSSR count). The van der Waals surface area contributed by atoms with Crippen molar-refractivity contribution in [1.29, 1.82) is 0 Å². The topological polar surface area (TPSA) is 69.7 Å². The predicted molar refractivity (Wildman–Crippen MR) is 113 cm³/mol. The lowest BCUT2D eigenvalue weighted by molar-refractivity contribution is -0.159. The van der Waals surface area contributed by atoms with Gasteiger partial charge in [0, 0.05) is 29.4 Å². The van der Waals surface area contributed by atoms with E-state index in [4.69, 9.17) is 0 Å². The van der Waals surface area contributed by atoms with Crippen LogP contribution in [0.3, 0.4) is 0 Å². The Labute approximate surface area is 175 Å². The number of thiophene rings is 1. The molecule has 1 aliphatic heterocycles. The summed E-state index contributed by atoms with van der Waals surface area (Å²) in [5.74, 6) is -1.40. The quantitative estimate of drug-likeness (QED) is 0.677. The van der Waals surface area contributed by atoms with Crippen molar-refractivity contribution in [1.82, 2.24) is 15.1 Å². The average molecular weight is 414 g/mol. The van der Waals surface area contributed by atoms with Crippen LogP contribution in [0.2, 0.25) is 0 Å². The van der Waals surface area contributed by atoms with Gasteiger partial charge in [0.25, 0.3) is 0 Å². The van der Waals surface area contributed by atoms with E-state index in [1.165, 1.54) is 9.78 Å². The van der Waals surface area contributed by atoms with Crippen molar-refractivity contribution in [3.63, 3.8) is 0 Å². The minimum atomic E-state index is -0.818. The van der Waals surface area contributed by atoms with E-state index in [1.807, 2.05) is 56.3 Å². The van der Waals surface area contributed by atoms with E-state index < -0.39 is 17.9 Å². The highest BCUT2D eigenvalue weighted by molar-refractivity contribution is 7.11. The summed E-state index contributed by atoms with van der Waals surface area (Å²) in [6, 6.07) is 12.4. The fraction of sp³-hybridized carbons (Fsp3) is 0.409. The first-order valence-corrected chi connectivity index (χ1v) is 10.8. The van der Waals surface area contributed by atoms with E-state index in [2.05, 4.69) is 5.32 Å². The molecule has 1 aromatic heterocycles. The summed E-state index contributed by atoms with van der Waals surface area (Å²) in [4.78, 5) is 43.8. The molecule has 1 saturated heterocycles. The lowest BCUT2D eigenvalue weighted by Gasteiger charge is -2.38. The molecule has 1 aliphatic rings. The van der Waals surface area contributed by atoms with Crippen LogP contribution in [0.5, 0.6) is 0 Å². The first-order valence-electron chi connectivity index (χ1n) is 9.99. The minimum Gasteiger partial charge on any atom is -0.349 e. The highest BCUT2D eigenvalue weighted by Crippen LogP contribution is 2.24. The number of hydrogen-bond donors (Lipinski definition) is 1. The molecule has 1 atom stereocenters. The van der Waals surface area contributed by atoms with Gasteiger partial charge in [-0.2, -0.15) is 0 Å². The van der Waals surface area contributed by atoms with Gasteiger partial charge >= 0.3 is 11.8 Å². The molecule has 6 nitrogen and oxygen atoms in total. The van der Waals surface area contributed by atoms with E-state index >= 15 is 0 Å². The van der Waals surface area contributed by atoms with Crippen molar-refractivity contribution < 1.29 is 14.4 Å². The third-order valence-electron chi connectivity index (χ3n) is 5.03. The summed E-state index contributed by atoms with van der Waals surface area (Å²) in [5, 5.41) is 2.94. The summed E-state index contributed by atoms with van der Waals surface area (Å²) < 4.78 is 0. The Kier molecular flexibility index (Phi) is 7.04. The van der Waals surface area contributed by atoms with Gasteiger partial charge in [0.1, 0.15) is 6.04 Å². The van der Waals surface area contributed by atoms with Gasteiger partial charge in [0.2, 0.25) is 5.91 Å². The standard InChI is InChI=1S/C22H27N3O3S/c1-3-4-12-24-13-14-25(22(28)21(24)27)19(17-8-6-5-7-9-17)20(26)23-15-18-11-10-16(2)29-18/h5-11,19H,3-4,12-15H2,1-2H3,(H,23,26)/t19-/m1/s1. The van der Waals surface area contributed by atoms with Crippen LogP contribution < -0.4 is 5.32 Å². The molecule has 1 fully saturated rings. The van der Waals surface area contributed by atoms with E-state index in [-0.39, 0.29) is 5.91 Å². The Morgan fingerprint density at radius 3 is 2.52 bits per heavy atom. The van der Waals surface area contributed by atoms with Crippen LogP contribution in [0.4, 0.5) is 0 Å². The Morgan fingerprint density at radius 2 is 1.86 bits per heavy atom. The number of piperazine rings is 1. The number of hydrogen-bond acceptors (Lipinski definition) is 4. The van der Waals surface area contributed by atoms with Gasteiger partial charge in [0.15, 0.2) is 0 Å². The minimum absolute atomic E-state index is 0.273. The van der Waals surface area contributed by atoms with Crippen LogP contribution in [0.1, 0.15) is 41.1 Å². The molecule has 3 amide bonds. The maximum Gasteiger partial charge on any atom is 0.313 e. The van der Waals surface area contributed by atoms with Gasteiger partial charge in [-0.05, 0) is 31.0 Å². The second kappa shape index (κ2) is 9.69. The first kappa shape index (κ1) is 21.0. The van der Waals surface area contributed by atoms with Gasteiger partial charge in [-0.15, -0.1) is 11.3 Å². The van der Waals surface area contributed by atoms with Crippen molar-refractivity contribution in [3.8, 4) is 0 Å². The maximum atomic E-state index is 13.1. The smallest absolute Gasteiger partial charge is 0.313 e. The zero-order valence-corrected chi connectivity index (χ0v) is 17.7. The molecule has 154 valence electrons. The molecule has 0 unspecified atom stereocenters. The first-order chi connectivity index (χ1) is 14.0. The van der Waals surface area contributed by atoms with E-state index in [1.54, 1.807) is 16.2 Å². The highest BCUT2D eigenvalue weighted by atomic mass is 32.1. The number of unbranched alkanes of at least 4 members (excludes halogenated alkanes) is 1. The molecule has 1 aromatic carbocycles. The number of aryl methyl sites for hydroxylation is 1. The second-order valence-corrected chi connectivity index (χ2v) is 8.56. The van der Waals surface area contributed by atoms with Crippen molar-refractivity contribution in [3.05, 3.63) is 57.8 Å². The molecule has 0 aliphatic carbocycles. The highest BCUT2D eigenvalue weighted by Gasteiger charge is 2.39. The Balaban J connectivity index is 1.78. The van der Waals surface area contributed by atoms with Gasteiger partial charge in [0.05, 0.1) is 6.54 Å². The molecule has 29 heavy (non-hydrogen) atoms. The van der Waals surface area contributed by atoms with E-state index in [9.17, 15) is 14.4 Å². The van der Waals surface area contributed by atoms with Crippen LogP contribution in [-0.2, 0) is 20.9 Å². The average Bonchev–Trinajstić information content (AvgIpc) is 3.15. The summed E-state index contributed by atoms with van der Waals surface area (Å²) in [6.45, 7) is 5.84. The van der Waals surface area contributed by atoms with Crippen molar-refractivity contribution in [2.24, 2.45) is 0 Å². The molecule has 2 heterocycles. The van der Waals surface area contributed by atoms with Gasteiger partial charge < -0.3 is 15.1 Å². The zero-order chi connectivity index (χ0) is 20.8. The number of carbonyl (C=O) groups excluding carboxylic acids is 3. The Bertz CT molecular complexity index is 865. The van der Waals surface area contributed by atoms with Crippen molar-refractivity contribution in [2.45, 2.75) is 39.3 Å². The number of nitrogens with one attached hydrogen (secondary N) is 1. The van der Waals surface area contributed by atoms with E-state index in [0.717, 1.165) is 17.7 Å². The van der Waals surface area contributed by atoms with Crippen molar-refractivity contribution >= 4 is 29.1 Å². The second-order valence-electron chi connectivity index (χ2n) is 7.19. The normalized spacial score (nSPS) is 15.5. The lowest BCUT2D eigenvalue weighted by atomic mass is 10.0. The fourth-order valence-corrected chi connectivity index (χ4v) is 4.29. The number of amides is 3. The number of carbonyl (C=O) groups is 3. The predicted octanol–water partition coefficient (Wildman–Crippen LogP) is 2.88. The van der Waals surface area contributed by atoms with Crippen LogP contribution in [-0.4, -0.2) is 47.2 Å². The molecule has 0 radical (unpaired) electrons. The van der Waals surface area contributed by atoms with Gasteiger partial charge in [-0.25, -0.2) is 0 Å². The third-order valence-corrected chi connectivity index (χ3v) is 6.03. The van der Waals surface area contributed by atoms with Crippen LogP contribution >= 0.6 is 11.3 Å². The monoisotopic (exact) mass is 413 g/mol. The number of rotatable bonds is 8. The molecule has 7 heteroatoms. The summed E-state index contributed by atoms with van der Waals surface area (Å²) in [6.07, 6.45) is 1.82. The molecular weight excluding hydrogens is 386 g/mol. The molecule has 0 saturated carbocycles. The molecular formula is C22H27N3O3S. The number of benzene rings is 1. The lowest BCUT2D eigenvalue weighted by Crippen LogP contribution is -2.57. The maximum absolute atomic E-state index is 13.1. The van der Waals surface area contributed by atoms with Crippen LogP contribution in [0.25, 0.3) is 0 Å². The Hall–Kier alpha value is -2.67. The van der Waals surface area contributed by atoms with Gasteiger partial charge in [-0.1, -0.05) is 43.7 Å². The summed E-state index contributed by atoms with van der Waals surface area (Å²) >= 11 is 1.63. The van der Waals surface area contributed by atoms with Crippen LogP contribution in [0, 0.1) is 6.92 Å². The van der Waals surface area contributed by atoms with Gasteiger partial charge in [-0.3, -0.25) is 14.4 Å². The summed E-state index contributed by atoms with van der Waals surface area (Å²) in [5.41, 5.74) is 0.704. The molecule has 2 aromatic rings. The third kappa shape index (κ3) is 5.03. The SMILES string of the molecule is CCCCN1CCN([C@@H](C(=O)NCc2ccc(C)s2)c2ccccc2)C(=O)C1=O.